The molecule has 1 amide bonds. The van der Waals surface area contributed by atoms with Crippen molar-refractivity contribution in [2.45, 2.75) is 33.6 Å². The van der Waals surface area contributed by atoms with Gasteiger partial charge in [0, 0.05) is 23.4 Å². The van der Waals surface area contributed by atoms with E-state index in [1.165, 1.54) is 6.92 Å². The van der Waals surface area contributed by atoms with Gasteiger partial charge in [-0.1, -0.05) is 20.3 Å². The molecule has 2 aromatic rings. The highest BCUT2D eigenvalue weighted by molar-refractivity contribution is 5.89. The van der Waals surface area contributed by atoms with Gasteiger partial charge in [-0.05, 0) is 19.3 Å². The van der Waals surface area contributed by atoms with E-state index >= 15 is 0 Å². The highest BCUT2D eigenvalue weighted by Crippen LogP contribution is 2.32. The fourth-order valence-corrected chi connectivity index (χ4v) is 2.47. The number of hydrogen-bond acceptors (Lipinski definition) is 3. The normalized spacial score (nSPS) is 12.2. The Labute approximate surface area is 137 Å². The summed E-state index contributed by atoms with van der Waals surface area (Å²) in [6, 6.07) is 1.21. The minimum atomic E-state index is -1.04. The fourth-order valence-electron chi connectivity index (χ4n) is 2.47. The zero-order chi connectivity index (χ0) is 18.0. The second kappa shape index (κ2) is 6.98. The summed E-state index contributed by atoms with van der Waals surface area (Å²) in [4.78, 5) is 19.4. The van der Waals surface area contributed by atoms with Gasteiger partial charge < -0.3 is 5.73 Å². The van der Waals surface area contributed by atoms with Crippen molar-refractivity contribution >= 4 is 5.91 Å². The lowest BCUT2D eigenvalue weighted by Crippen LogP contribution is -2.19. The Morgan fingerprint density at radius 1 is 1.17 bits per heavy atom. The summed E-state index contributed by atoms with van der Waals surface area (Å²) < 4.78 is 41.6. The number of aryl methyl sites for hydroxylation is 1. The van der Waals surface area contributed by atoms with E-state index in [1.807, 2.05) is 13.8 Å². The van der Waals surface area contributed by atoms with Crippen LogP contribution in [0.15, 0.2) is 12.1 Å². The molecule has 2 rings (SSSR count). The molecule has 0 saturated heterocycles. The van der Waals surface area contributed by atoms with E-state index in [1.54, 1.807) is 0 Å². The number of rotatable bonds is 5. The molecule has 0 bridgehead atoms. The van der Waals surface area contributed by atoms with E-state index < -0.39 is 28.9 Å². The molecular weight excluding hydrogens is 319 g/mol. The van der Waals surface area contributed by atoms with Gasteiger partial charge in [-0.3, -0.25) is 4.79 Å². The summed E-state index contributed by atoms with van der Waals surface area (Å²) in [5.74, 6) is -3.98. The first-order valence-electron chi connectivity index (χ1n) is 7.56. The number of aromatic nitrogens is 2. The molecule has 1 aromatic carbocycles. The fraction of sp³-hybridized carbons (Fsp3) is 0.353. The topological polar surface area (TPSA) is 68.9 Å². The number of benzene rings is 1. The number of amides is 1. The van der Waals surface area contributed by atoms with Crippen LogP contribution in [0.25, 0.3) is 11.1 Å². The van der Waals surface area contributed by atoms with E-state index in [9.17, 15) is 18.0 Å². The van der Waals surface area contributed by atoms with Crippen LogP contribution in [0.4, 0.5) is 13.2 Å². The molecule has 0 saturated carbocycles. The number of primary amides is 1. The monoisotopic (exact) mass is 337 g/mol. The molecule has 2 N–H and O–H groups in total. The van der Waals surface area contributed by atoms with Crippen LogP contribution in [0.1, 0.15) is 42.3 Å². The van der Waals surface area contributed by atoms with Crippen molar-refractivity contribution in [1.82, 2.24) is 9.97 Å². The van der Waals surface area contributed by atoms with Gasteiger partial charge in [0.05, 0.1) is 11.3 Å². The van der Waals surface area contributed by atoms with Gasteiger partial charge in [-0.25, -0.2) is 23.1 Å². The number of nitrogens with two attached hydrogens (primary N) is 1. The number of carbonyl (C=O) groups excluding carboxylic acids is 1. The largest absolute Gasteiger partial charge is 0.363 e. The molecule has 0 aliphatic heterocycles. The summed E-state index contributed by atoms with van der Waals surface area (Å²) in [6.45, 7) is 5.42. The molecule has 7 heteroatoms. The number of nitrogens with zero attached hydrogens (tertiary/aromatic N) is 2. The van der Waals surface area contributed by atoms with Crippen molar-refractivity contribution in [2.24, 2.45) is 11.7 Å². The second-order valence-electron chi connectivity index (χ2n) is 5.78. The van der Waals surface area contributed by atoms with Crippen LogP contribution in [-0.4, -0.2) is 15.9 Å². The Balaban J connectivity index is 2.75. The molecule has 0 spiro atoms. The summed E-state index contributed by atoms with van der Waals surface area (Å²) >= 11 is 0. The van der Waals surface area contributed by atoms with Crippen LogP contribution in [0, 0.1) is 30.3 Å². The Kier molecular flexibility index (Phi) is 5.21. The van der Waals surface area contributed by atoms with Gasteiger partial charge in [-0.2, -0.15) is 0 Å². The lowest BCUT2D eigenvalue weighted by Gasteiger charge is -2.16. The standard InChI is InChI=1S/C17H18F3N3O/c1-4-8(2)5-13-14(9(3)22-17(23-13)16(21)24)15-11(19)6-10(18)7-12(15)20/h6-8H,4-5H2,1-3H3,(H2,21,24). The first-order valence-corrected chi connectivity index (χ1v) is 7.56. The smallest absolute Gasteiger partial charge is 0.286 e. The van der Waals surface area contributed by atoms with Crippen LogP contribution >= 0.6 is 0 Å². The van der Waals surface area contributed by atoms with Crippen LogP contribution in [0.5, 0.6) is 0 Å². The number of halogens is 3. The number of carbonyl (C=O) groups is 1. The molecule has 1 heterocycles. The van der Waals surface area contributed by atoms with Gasteiger partial charge in [0.2, 0.25) is 5.82 Å². The van der Waals surface area contributed by atoms with Crippen molar-refractivity contribution < 1.29 is 18.0 Å². The predicted molar refractivity (Wildman–Crippen MR) is 83.8 cm³/mol. The minimum Gasteiger partial charge on any atom is -0.363 e. The SMILES string of the molecule is CCC(C)Cc1nc(C(N)=O)nc(C)c1-c1c(F)cc(F)cc1F. The van der Waals surface area contributed by atoms with E-state index in [4.69, 9.17) is 5.73 Å². The first kappa shape index (κ1) is 17.9. The third kappa shape index (κ3) is 3.55. The molecule has 1 aromatic heterocycles. The van der Waals surface area contributed by atoms with Crippen LogP contribution in [-0.2, 0) is 6.42 Å². The van der Waals surface area contributed by atoms with E-state index in [0.29, 0.717) is 24.2 Å². The van der Waals surface area contributed by atoms with Gasteiger partial charge in [-0.15, -0.1) is 0 Å². The van der Waals surface area contributed by atoms with Crippen LogP contribution < -0.4 is 5.73 Å². The lowest BCUT2D eigenvalue weighted by atomic mass is 9.94. The van der Waals surface area contributed by atoms with Crippen molar-refractivity contribution in [1.29, 1.82) is 0 Å². The third-order valence-electron chi connectivity index (χ3n) is 3.88. The van der Waals surface area contributed by atoms with Crippen LogP contribution in [0.3, 0.4) is 0 Å². The summed E-state index contributed by atoms with van der Waals surface area (Å²) in [5.41, 5.74) is 5.48. The molecular formula is C17H18F3N3O. The maximum atomic E-state index is 14.2. The van der Waals surface area contributed by atoms with Gasteiger partial charge in [0.15, 0.2) is 0 Å². The molecule has 24 heavy (non-hydrogen) atoms. The molecule has 4 nitrogen and oxygen atoms in total. The highest BCUT2D eigenvalue weighted by atomic mass is 19.1. The summed E-state index contributed by atoms with van der Waals surface area (Å²) in [6.07, 6.45) is 1.19. The van der Waals surface area contributed by atoms with E-state index in [2.05, 4.69) is 9.97 Å². The first-order chi connectivity index (χ1) is 11.2. The Morgan fingerprint density at radius 2 is 1.75 bits per heavy atom. The Morgan fingerprint density at radius 3 is 2.25 bits per heavy atom. The molecule has 0 aliphatic rings. The molecule has 0 fully saturated rings. The molecule has 0 radical (unpaired) electrons. The zero-order valence-electron chi connectivity index (χ0n) is 13.7. The minimum absolute atomic E-state index is 0.135. The summed E-state index contributed by atoms with van der Waals surface area (Å²) in [5, 5.41) is 0. The van der Waals surface area contributed by atoms with Crippen molar-refractivity contribution in [3.63, 3.8) is 0 Å². The molecule has 1 unspecified atom stereocenters. The Hall–Kier alpha value is -2.44. The molecule has 0 aliphatic carbocycles. The van der Waals surface area contributed by atoms with Crippen molar-refractivity contribution in [2.75, 3.05) is 0 Å². The predicted octanol–water partition coefficient (Wildman–Crippen LogP) is 3.56. The van der Waals surface area contributed by atoms with Crippen LogP contribution in [0.2, 0.25) is 0 Å². The van der Waals surface area contributed by atoms with Gasteiger partial charge in [0.1, 0.15) is 17.5 Å². The molecule has 128 valence electrons. The maximum absolute atomic E-state index is 14.2. The Bertz CT molecular complexity index is 770. The average molecular weight is 337 g/mol. The lowest BCUT2D eigenvalue weighted by molar-refractivity contribution is 0.0990. The molecule has 1 atom stereocenters. The maximum Gasteiger partial charge on any atom is 0.286 e. The quantitative estimate of drug-likeness (QED) is 0.907. The zero-order valence-corrected chi connectivity index (χ0v) is 13.7. The van der Waals surface area contributed by atoms with Crippen molar-refractivity contribution in [3.8, 4) is 11.1 Å². The van der Waals surface area contributed by atoms with Gasteiger partial charge >= 0.3 is 0 Å². The number of hydrogen-bond donors (Lipinski definition) is 1. The summed E-state index contributed by atoms with van der Waals surface area (Å²) in [7, 11) is 0. The second-order valence-corrected chi connectivity index (χ2v) is 5.78. The average Bonchev–Trinajstić information content (AvgIpc) is 2.48. The highest BCUT2D eigenvalue weighted by Gasteiger charge is 2.23. The van der Waals surface area contributed by atoms with E-state index in [-0.39, 0.29) is 23.0 Å². The van der Waals surface area contributed by atoms with Gasteiger partial charge in [0.25, 0.3) is 5.91 Å². The van der Waals surface area contributed by atoms with E-state index in [0.717, 1.165) is 6.42 Å². The third-order valence-corrected chi connectivity index (χ3v) is 3.88. The van der Waals surface area contributed by atoms with Crippen molar-refractivity contribution in [3.05, 3.63) is 46.8 Å².